The van der Waals surface area contributed by atoms with Crippen molar-refractivity contribution in [2.75, 3.05) is 5.32 Å². The van der Waals surface area contributed by atoms with Crippen LogP contribution in [0.3, 0.4) is 0 Å². The van der Waals surface area contributed by atoms with Gasteiger partial charge in [0.2, 0.25) is 0 Å². The number of carbonyl (C=O) groups excluding carboxylic acids is 3. The molecular weight excluding hydrogens is 382 g/mol. The predicted octanol–water partition coefficient (Wildman–Crippen LogP) is 4.24. The zero-order chi connectivity index (χ0) is 21.3. The lowest BCUT2D eigenvalue weighted by atomic mass is 10.0. The van der Waals surface area contributed by atoms with E-state index in [4.69, 9.17) is 9.15 Å². The standard InChI is InChI=1S/C24H23NO5/c1-14(26)19-8-3-4-9-21(19)25-24(28)15(2)30-23(27)12-18-13-29-22-11-17-7-5-6-16(17)10-20(18)22/h3-4,8-11,13,15H,5-7,12H2,1-2H3,(H,25,28). The van der Waals surface area contributed by atoms with Gasteiger partial charge in [0.25, 0.3) is 5.91 Å². The number of Topliss-reactive ketones (excluding diaryl/α,β-unsaturated/α-hetero) is 1. The lowest BCUT2D eigenvalue weighted by Gasteiger charge is -2.15. The van der Waals surface area contributed by atoms with Crippen LogP contribution in [-0.4, -0.2) is 23.8 Å². The van der Waals surface area contributed by atoms with Crippen molar-refractivity contribution >= 4 is 34.3 Å². The summed E-state index contributed by atoms with van der Waals surface area (Å²) in [5, 5.41) is 3.57. The number of rotatable bonds is 6. The van der Waals surface area contributed by atoms with Crippen molar-refractivity contribution in [1.82, 2.24) is 0 Å². The first-order valence-corrected chi connectivity index (χ1v) is 10.0. The second kappa shape index (κ2) is 8.14. The zero-order valence-electron chi connectivity index (χ0n) is 17.0. The first kappa shape index (κ1) is 19.9. The number of anilines is 1. The molecule has 6 heteroatoms. The van der Waals surface area contributed by atoms with Crippen molar-refractivity contribution < 1.29 is 23.5 Å². The first-order chi connectivity index (χ1) is 14.4. The summed E-state index contributed by atoms with van der Waals surface area (Å²) in [7, 11) is 0. The normalized spacial score (nSPS) is 13.7. The Kier molecular flexibility index (Phi) is 5.40. The molecule has 1 heterocycles. The monoisotopic (exact) mass is 405 g/mol. The Morgan fingerprint density at radius 3 is 2.63 bits per heavy atom. The van der Waals surface area contributed by atoms with Crippen molar-refractivity contribution in [3.63, 3.8) is 0 Å². The summed E-state index contributed by atoms with van der Waals surface area (Å²) in [6, 6.07) is 10.9. The number of amides is 1. The summed E-state index contributed by atoms with van der Waals surface area (Å²) in [4.78, 5) is 36.6. The maximum atomic E-state index is 12.4. The van der Waals surface area contributed by atoms with Crippen LogP contribution in [-0.2, 0) is 33.6 Å². The van der Waals surface area contributed by atoms with Gasteiger partial charge in [0.05, 0.1) is 18.4 Å². The highest BCUT2D eigenvalue weighted by Crippen LogP contribution is 2.30. The van der Waals surface area contributed by atoms with E-state index >= 15 is 0 Å². The Labute approximate surface area is 174 Å². The van der Waals surface area contributed by atoms with Crippen molar-refractivity contribution in [3.05, 3.63) is 64.9 Å². The summed E-state index contributed by atoms with van der Waals surface area (Å²) in [5.74, 6) is -1.17. The van der Waals surface area contributed by atoms with E-state index in [-0.39, 0.29) is 12.2 Å². The Hall–Kier alpha value is -3.41. The molecule has 1 unspecified atom stereocenters. The maximum absolute atomic E-state index is 12.4. The molecule has 0 fully saturated rings. The van der Waals surface area contributed by atoms with E-state index in [0.29, 0.717) is 11.3 Å². The molecule has 0 spiro atoms. The summed E-state index contributed by atoms with van der Waals surface area (Å²) in [5.41, 5.74) is 4.93. The number of ketones is 1. The summed E-state index contributed by atoms with van der Waals surface area (Å²) >= 11 is 0. The number of carbonyl (C=O) groups is 3. The largest absolute Gasteiger partial charge is 0.464 e. The molecule has 154 valence electrons. The molecule has 1 atom stereocenters. The second-order valence-electron chi connectivity index (χ2n) is 7.63. The lowest BCUT2D eigenvalue weighted by molar-refractivity contribution is -0.152. The van der Waals surface area contributed by atoms with E-state index in [2.05, 4.69) is 17.4 Å². The SMILES string of the molecule is CC(=O)c1ccccc1NC(=O)C(C)OC(=O)Cc1coc2cc3c(cc12)CCC3. The van der Waals surface area contributed by atoms with Crippen molar-refractivity contribution in [2.24, 2.45) is 0 Å². The molecule has 1 aromatic heterocycles. The van der Waals surface area contributed by atoms with Crippen molar-refractivity contribution in [1.29, 1.82) is 0 Å². The van der Waals surface area contributed by atoms with Crippen LogP contribution in [0.25, 0.3) is 11.0 Å². The smallest absolute Gasteiger partial charge is 0.311 e. The van der Waals surface area contributed by atoms with Gasteiger partial charge in [-0.25, -0.2) is 0 Å². The van der Waals surface area contributed by atoms with E-state index in [1.165, 1.54) is 25.0 Å². The molecule has 0 bridgehead atoms. The fraction of sp³-hybridized carbons (Fsp3) is 0.292. The minimum atomic E-state index is -1.00. The third-order valence-electron chi connectivity index (χ3n) is 5.44. The molecule has 30 heavy (non-hydrogen) atoms. The number of esters is 1. The van der Waals surface area contributed by atoms with Crippen LogP contribution in [0.15, 0.2) is 47.1 Å². The van der Waals surface area contributed by atoms with E-state index in [0.717, 1.165) is 35.8 Å². The number of fused-ring (bicyclic) bond motifs is 2. The van der Waals surface area contributed by atoms with Gasteiger partial charge in [-0.1, -0.05) is 12.1 Å². The highest BCUT2D eigenvalue weighted by molar-refractivity contribution is 6.04. The van der Waals surface area contributed by atoms with Gasteiger partial charge in [-0.05, 0) is 68.5 Å². The van der Waals surface area contributed by atoms with Crippen molar-refractivity contribution in [3.8, 4) is 0 Å². The number of hydrogen-bond acceptors (Lipinski definition) is 5. The third kappa shape index (κ3) is 3.99. The number of benzene rings is 2. The molecule has 1 aliphatic rings. The van der Waals surface area contributed by atoms with Gasteiger partial charge in [-0.2, -0.15) is 0 Å². The van der Waals surface area contributed by atoms with Crippen LogP contribution >= 0.6 is 0 Å². The minimum absolute atomic E-state index is 0.0213. The Balaban J connectivity index is 1.41. The van der Waals surface area contributed by atoms with Gasteiger partial charge >= 0.3 is 5.97 Å². The van der Waals surface area contributed by atoms with E-state index < -0.39 is 18.0 Å². The quantitative estimate of drug-likeness (QED) is 0.490. The number of furan rings is 1. The van der Waals surface area contributed by atoms with Crippen LogP contribution < -0.4 is 5.32 Å². The Bertz CT molecular complexity index is 1140. The molecule has 0 radical (unpaired) electrons. The molecule has 0 saturated heterocycles. The summed E-state index contributed by atoms with van der Waals surface area (Å²) < 4.78 is 10.9. The van der Waals surface area contributed by atoms with Crippen LogP contribution in [0, 0.1) is 0 Å². The summed E-state index contributed by atoms with van der Waals surface area (Å²) in [6.07, 6.45) is 3.84. The highest BCUT2D eigenvalue weighted by Gasteiger charge is 2.22. The van der Waals surface area contributed by atoms with Gasteiger partial charge in [-0.3, -0.25) is 14.4 Å². The fourth-order valence-electron chi connectivity index (χ4n) is 3.87. The molecule has 1 N–H and O–H groups in total. The fourth-order valence-corrected chi connectivity index (χ4v) is 3.87. The van der Waals surface area contributed by atoms with E-state index in [1.807, 2.05) is 0 Å². The molecule has 0 aliphatic heterocycles. The average molecular weight is 405 g/mol. The van der Waals surface area contributed by atoms with Gasteiger partial charge in [-0.15, -0.1) is 0 Å². The lowest BCUT2D eigenvalue weighted by Crippen LogP contribution is -2.31. The molecule has 4 rings (SSSR count). The number of para-hydroxylation sites is 1. The minimum Gasteiger partial charge on any atom is -0.464 e. The van der Waals surface area contributed by atoms with E-state index in [9.17, 15) is 14.4 Å². The highest BCUT2D eigenvalue weighted by atomic mass is 16.5. The number of hydrogen-bond donors (Lipinski definition) is 1. The van der Waals surface area contributed by atoms with Crippen molar-refractivity contribution in [2.45, 2.75) is 45.6 Å². The number of aryl methyl sites for hydroxylation is 2. The zero-order valence-corrected chi connectivity index (χ0v) is 17.0. The van der Waals surface area contributed by atoms with Crippen LogP contribution in [0.1, 0.15) is 47.3 Å². The second-order valence-corrected chi connectivity index (χ2v) is 7.63. The maximum Gasteiger partial charge on any atom is 0.311 e. The van der Waals surface area contributed by atoms with Crippen LogP contribution in [0.2, 0.25) is 0 Å². The van der Waals surface area contributed by atoms with Crippen LogP contribution in [0.4, 0.5) is 5.69 Å². The third-order valence-corrected chi connectivity index (χ3v) is 5.44. The molecule has 1 aliphatic carbocycles. The summed E-state index contributed by atoms with van der Waals surface area (Å²) in [6.45, 7) is 2.93. The van der Waals surface area contributed by atoms with E-state index in [1.54, 1.807) is 30.5 Å². The molecule has 1 amide bonds. The molecule has 6 nitrogen and oxygen atoms in total. The Morgan fingerprint density at radius 1 is 1.13 bits per heavy atom. The average Bonchev–Trinajstić information content (AvgIpc) is 3.33. The topological polar surface area (TPSA) is 85.6 Å². The number of ether oxygens (including phenoxy) is 1. The Morgan fingerprint density at radius 2 is 1.87 bits per heavy atom. The first-order valence-electron chi connectivity index (χ1n) is 10.0. The van der Waals surface area contributed by atoms with Crippen LogP contribution in [0.5, 0.6) is 0 Å². The molecule has 2 aromatic carbocycles. The van der Waals surface area contributed by atoms with Gasteiger partial charge in [0.1, 0.15) is 5.58 Å². The number of nitrogens with one attached hydrogen (secondary N) is 1. The molecule has 0 saturated carbocycles. The van der Waals surface area contributed by atoms with Gasteiger partial charge < -0.3 is 14.5 Å². The van der Waals surface area contributed by atoms with Gasteiger partial charge in [0, 0.05) is 16.5 Å². The molecule has 3 aromatic rings. The molecular formula is C24H23NO5. The van der Waals surface area contributed by atoms with Gasteiger partial charge in [0.15, 0.2) is 11.9 Å². The predicted molar refractivity (Wildman–Crippen MR) is 113 cm³/mol.